The van der Waals surface area contributed by atoms with Crippen LogP contribution in [-0.2, 0) is 10.2 Å². The molecule has 32 heavy (non-hydrogen) atoms. The van der Waals surface area contributed by atoms with Crippen molar-refractivity contribution in [3.05, 3.63) is 51.5 Å². The number of pyridine rings is 1. The lowest BCUT2D eigenvalue weighted by atomic mass is 10.2. The van der Waals surface area contributed by atoms with Crippen molar-refractivity contribution < 1.29 is 31.1 Å². The van der Waals surface area contributed by atoms with Crippen LogP contribution in [0.15, 0.2) is 24.4 Å². The Kier molecular flexibility index (Phi) is 5.81. The van der Waals surface area contributed by atoms with Crippen molar-refractivity contribution in [2.75, 3.05) is 20.1 Å². The van der Waals surface area contributed by atoms with Gasteiger partial charge in [-0.3, -0.25) is 9.78 Å². The molecule has 2 aliphatic rings. The zero-order valence-electron chi connectivity index (χ0n) is 16.5. The van der Waals surface area contributed by atoms with Crippen LogP contribution in [-0.4, -0.2) is 54.0 Å². The molecule has 1 amide bonds. The number of alkyl halides is 2. The summed E-state index contributed by atoms with van der Waals surface area (Å²) in [5.74, 6) is -5.19. The molecule has 0 unspecified atom stereocenters. The lowest BCUT2D eigenvalue weighted by molar-refractivity contribution is -0.0959. The Morgan fingerprint density at radius 3 is 2.44 bits per heavy atom. The standard InChI is InChI=1S/C19H16Cl2F3N3O4S/c1-26(32(29,30)27-8-19(23,24)9-27)18(28)12-5-13(20)16(6-15(12)22)31-11-4-14(21)17(25-7-11)10-2-3-10/h4-7,10H,2-3,8-9H2,1H3. The van der Waals surface area contributed by atoms with Crippen molar-refractivity contribution in [2.45, 2.75) is 24.7 Å². The highest BCUT2D eigenvalue weighted by atomic mass is 35.5. The van der Waals surface area contributed by atoms with E-state index >= 15 is 0 Å². The molecule has 1 saturated heterocycles. The lowest BCUT2D eigenvalue weighted by Crippen LogP contribution is -2.61. The number of benzene rings is 1. The number of aromatic nitrogens is 1. The summed E-state index contributed by atoms with van der Waals surface area (Å²) >= 11 is 12.3. The molecule has 0 bridgehead atoms. The molecular formula is C19H16Cl2F3N3O4S. The molecule has 2 fully saturated rings. The fourth-order valence-corrected chi connectivity index (χ4v) is 4.99. The van der Waals surface area contributed by atoms with Crippen LogP contribution >= 0.6 is 23.2 Å². The minimum atomic E-state index is -4.55. The van der Waals surface area contributed by atoms with Crippen molar-refractivity contribution in [3.63, 3.8) is 0 Å². The second-order valence-electron chi connectivity index (χ2n) is 7.58. The van der Waals surface area contributed by atoms with E-state index in [1.54, 1.807) is 0 Å². The first kappa shape index (κ1) is 23.1. The first-order valence-electron chi connectivity index (χ1n) is 9.37. The van der Waals surface area contributed by atoms with Crippen molar-refractivity contribution in [2.24, 2.45) is 0 Å². The van der Waals surface area contributed by atoms with Gasteiger partial charge in [-0.05, 0) is 18.9 Å². The Balaban J connectivity index is 1.53. The van der Waals surface area contributed by atoms with Gasteiger partial charge >= 0.3 is 10.2 Å². The minimum absolute atomic E-state index is 0.148. The fraction of sp³-hybridized carbons (Fsp3) is 0.368. The Hall–Kier alpha value is -2.08. The summed E-state index contributed by atoms with van der Waals surface area (Å²) < 4.78 is 71.5. The number of carbonyl (C=O) groups excluding carboxylic acids is 1. The normalized spacial score (nSPS) is 18.2. The molecule has 1 aliphatic carbocycles. The maximum atomic E-state index is 14.7. The van der Waals surface area contributed by atoms with Gasteiger partial charge in [-0.25, -0.2) is 17.5 Å². The zero-order chi connectivity index (χ0) is 23.4. The summed E-state index contributed by atoms with van der Waals surface area (Å²) in [6.45, 7) is -2.11. The van der Waals surface area contributed by atoms with Gasteiger partial charge < -0.3 is 4.74 Å². The molecular weight excluding hydrogens is 494 g/mol. The molecule has 13 heteroatoms. The zero-order valence-corrected chi connectivity index (χ0v) is 18.8. The SMILES string of the molecule is CN(C(=O)c1cc(Cl)c(Oc2cnc(C3CC3)c(Cl)c2)cc1F)S(=O)(=O)N1CC(F)(F)C1. The number of hydrogen-bond donors (Lipinski definition) is 0. The van der Waals surface area contributed by atoms with E-state index in [2.05, 4.69) is 4.98 Å². The van der Waals surface area contributed by atoms with Crippen molar-refractivity contribution in [3.8, 4) is 11.5 Å². The molecule has 1 saturated carbocycles. The third-order valence-corrected chi connectivity index (χ3v) is 7.43. The smallest absolute Gasteiger partial charge is 0.306 e. The summed E-state index contributed by atoms with van der Waals surface area (Å²) in [6.07, 6.45) is 3.42. The molecule has 0 N–H and O–H groups in total. The number of carbonyl (C=O) groups is 1. The number of rotatable bonds is 6. The van der Waals surface area contributed by atoms with Gasteiger partial charge in [0.15, 0.2) is 0 Å². The van der Waals surface area contributed by atoms with E-state index < -0.39 is 46.5 Å². The molecule has 0 atom stereocenters. The van der Waals surface area contributed by atoms with Crippen LogP contribution < -0.4 is 4.74 Å². The van der Waals surface area contributed by atoms with E-state index in [0.717, 1.165) is 37.7 Å². The topological polar surface area (TPSA) is 79.8 Å². The molecule has 0 radical (unpaired) electrons. The Labute approximate surface area is 191 Å². The van der Waals surface area contributed by atoms with E-state index in [1.807, 2.05) is 0 Å². The molecule has 0 spiro atoms. The Morgan fingerprint density at radius 2 is 1.88 bits per heavy atom. The molecule has 4 rings (SSSR count). The van der Waals surface area contributed by atoms with E-state index in [1.165, 1.54) is 12.3 Å². The van der Waals surface area contributed by atoms with Crippen LogP contribution in [0.5, 0.6) is 11.5 Å². The average molecular weight is 510 g/mol. The van der Waals surface area contributed by atoms with Gasteiger partial charge in [-0.15, -0.1) is 0 Å². The third kappa shape index (κ3) is 4.39. The first-order valence-corrected chi connectivity index (χ1v) is 11.5. The third-order valence-electron chi connectivity index (χ3n) is 5.06. The van der Waals surface area contributed by atoms with Crippen LogP contribution in [0.1, 0.15) is 34.8 Å². The van der Waals surface area contributed by atoms with Crippen molar-refractivity contribution in [1.29, 1.82) is 0 Å². The Morgan fingerprint density at radius 1 is 1.22 bits per heavy atom. The van der Waals surface area contributed by atoms with Crippen molar-refractivity contribution >= 4 is 39.3 Å². The molecule has 172 valence electrons. The van der Waals surface area contributed by atoms with Crippen LogP contribution in [0, 0.1) is 5.82 Å². The number of ether oxygens (including phenoxy) is 1. The van der Waals surface area contributed by atoms with E-state index in [-0.39, 0.29) is 20.8 Å². The van der Waals surface area contributed by atoms with Gasteiger partial charge in [-0.1, -0.05) is 23.2 Å². The first-order chi connectivity index (χ1) is 14.9. The summed E-state index contributed by atoms with van der Waals surface area (Å²) in [5.41, 5.74) is 0.0856. The molecule has 2 aromatic rings. The van der Waals surface area contributed by atoms with E-state index in [4.69, 9.17) is 27.9 Å². The van der Waals surface area contributed by atoms with Crippen LogP contribution in [0.4, 0.5) is 13.2 Å². The lowest BCUT2D eigenvalue weighted by Gasteiger charge is -2.39. The molecule has 1 aliphatic heterocycles. The predicted molar refractivity (Wildman–Crippen MR) is 110 cm³/mol. The second-order valence-corrected chi connectivity index (χ2v) is 10.4. The fourth-order valence-electron chi connectivity index (χ4n) is 3.12. The molecule has 1 aromatic heterocycles. The number of hydrogen-bond acceptors (Lipinski definition) is 5. The van der Waals surface area contributed by atoms with E-state index in [0.29, 0.717) is 15.2 Å². The molecule has 7 nitrogen and oxygen atoms in total. The summed E-state index contributed by atoms with van der Waals surface area (Å²) in [5, 5.41) is 0.218. The maximum Gasteiger partial charge on any atom is 0.306 e. The summed E-state index contributed by atoms with van der Waals surface area (Å²) in [6, 6.07) is 3.23. The van der Waals surface area contributed by atoms with Crippen molar-refractivity contribution in [1.82, 2.24) is 13.6 Å². The summed E-state index contributed by atoms with van der Waals surface area (Å²) in [7, 11) is -3.70. The highest BCUT2D eigenvalue weighted by molar-refractivity contribution is 7.87. The minimum Gasteiger partial charge on any atom is -0.454 e. The Bertz CT molecular complexity index is 1200. The van der Waals surface area contributed by atoms with Gasteiger partial charge in [0.1, 0.15) is 17.3 Å². The second kappa shape index (κ2) is 8.05. The maximum absolute atomic E-state index is 14.7. The van der Waals surface area contributed by atoms with E-state index in [9.17, 15) is 26.4 Å². The number of halogens is 5. The average Bonchev–Trinajstić information content (AvgIpc) is 3.52. The predicted octanol–water partition coefficient (Wildman–Crippen LogP) is 4.46. The van der Waals surface area contributed by atoms with Crippen LogP contribution in [0.25, 0.3) is 0 Å². The van der Waals surface area contributed by atoms with Crippen LogP contribution in [0.3, 0.4) is 0 Å². The van der Waals surface area contributed by atoms with Gasteiger partial charge in [0.05, 0.1) is 40.6 Å². The number of amides is 1. The molecule has 2 heterocycles. The van der Waals surface area contributed by atoms with Gasteiger partial charge in [0, 0.05) is 25.1 Å². The molecule has 1 aromatic carbocycles. The van der Waals surface area contributed by atoms with Crippen LogP contribution in [0.2, 0.25) is 10.0 Å². The van der Waals surface area contributed by atoms with Gasteiger partial charge in [0.25, 0.3) is 11.8 Å². The highest BCUT2D eigenvalue weighted by Crippen LogP contribution is 2.43. The summed E-state index contributed by atoms with van der Waals surface area (Å²) in [4.78, 5) is 16.8. The highest BCUT2D eigenvalue weighted by Gasteiger charge is 2.51. The number of nitrogens with zero attached hydrogens (tertiary/aromatic N) is 3. The monoisotopic (exact) mass is 509 g/mol. The largest absolute Gasteiger partial charge is 0.454 e. The van der Waals surface area contributed by atoms with Gasteiger partial charge in [-0.2, -0.15) is 12.7 Å². The quantitative estimate of drug-likeness (QED) is 0.574. The van der Waals surface area contributed by atoms with Gasteiger partial charge in [0.2, 0.25) is 0 Å².